The molecule has 0 amide bonds. The third-order valence-electron chi connectivity index (χ3n) is 3.13. The van der Waals surface area contributed by atoms with Gasteiger partial charge in [0, 0.05) is 26.1 Å². The number of hydrogen-bond donors (Lipinski definition) is 1. The van der Waals surface area contributed by atoms with Gasteiger partial charge < -0.3 is 0 Å². The van der Waals surface area contributed by atoms with E-state index in [0.717, 1.165) is 26.1 Å². The summed E-state index contributed by atoms with van der Waals surface area (Å²) in [5, 5.41) is 11.0. The summed E-state index contributed by atoms with van der Waals surface area (Å²) in [5.41, 5.74) is 3.76. The summed E-state index contributed by atoms with van der Waals surface area (Å²) < 4.78 is 0. The van der Waals surface area contributed by atoms with Crippen LogP contribution in [-0.2, 0) is 0 Å². The molecule has 0 spiro atoms. The molecule has 1 aliphatic heterocycles. The molecule has 72 valence electrons. The number of nitriles is 1. The molecule has 2 fully saturated rings. The van der Waals surface area contributed by atoms with Gasteiger partial charge in [-0.3, -0.25) is 5.43 Å². The minimum Gasteiger partial charge on any atom is -0.255 e. The average Bonchev–Trinajstić information content (AvgIpc) is 2.87. The minimum absolute atomic E-state index is 0.360. The van der Waals surface area contributed by atoms with Crippen molar-refractivity contribution < 1.29 is 0 Å². The zero-order chi connectivity index (χ0) is 9.15. The van der Waals surface area contributed by atoms with Gasteiger partial charge in [0.1, 0.15) is 0 Å². The fourth-order valence-electron chi connectivity index (χ4n) is 2.02. The fraction of sp³-hybridized carbons (Fsp3) is 0.900. The maximum Gasteiger partial charge on any atom is 0.0628 e. The van der Waals surface area contributed by atoms with Crippen molar-refractivity contribution in [1.82, 2.24) is 10.4 Å². The maximum atomic E-state index is 8.68. The van der Waals surface area contributed by atoms with E-state index in [0.29, 0.717) is 5.41 Å². The largest absolute Gasteiger partial charge is 0.255 e. The van der Waals surface area contributed by atoms with Gasteiger partial charge in [0.2, 0.25) is 0 Å². The van der Waals surface area contributed by atoms with Gasteiger partial charge in [-0.2, -0.15) is 5.26 Å². The van der Waals surface area contributed by atoms with Crippen molar-refractivity contribution in [2.45, 2.75) is 32.1 Å². The number of nitrogens with one attached hydrogen (secondary N) is 1. The highest BCUT2D eigenvalue weighted by Crippen LogP contribution is 2.48. The van der Waals surface area contributed by atoms with Crippen molar-refractivity contribution in [3.63, 3.8) is 0 Å². The van der Waals surface area contributed by atoms with Gasteiger partial charge in [-0.15, -0.1) is 0 Å². The SMILES string of the molecule is N#CCC1(CN2CCCCN2)CC1. The first-order valence-electron chi connectivity index (χ1n) is 5.20. The Hall–Kier alpha value is -0.590. The normalized spacial score (nSPS) is 26.7. The molecule has 1 saturated carbocycles. The van der Waals surface area contributed by atoms with Crippen LogP contribution in [0.1, 0.15) is 32.1 Å². The van der Waals surface area contributed by atoms with Gasteiger partial charge in [-0.05, 0) is 31.1 Å². The van der Waals surface area contributed by atoms with Crippen LogP contribution in [0, 0.1) is 16.7 Å². The van der Waals surface area contributed by atoms with Crippen molar-refractivity contribution in [3.8, 4) is 6.07 Å². The van der Waals surface area contributed by atoms with E-state index in [1.54, 1.807) is 0 Å². The molecule has 1 aliphatic carbocycles. The Morgan fingerprint density at radius 3 is 2.77 bits per heavy atom. The Morgan fingerprint density at radius 1 is 1.38 bits per heavy atom. The minimum atomic E-state index is 0.360. The van der Waals surface area contributed by atoms with Crippen molar-refractivity contribution in [3.05, 3.63) is 0 Å². The third-order valence-corrected chi connectivity index (χ3v) is 3.13. The molecule has 0 aromatic heterocycles. The van der Waals surface area contributed by atoms with Crippen LogP contribution >= 0.6 is 0 Å². The quantitative estimate of drug-likeness (QED) is 0.709. The lowest BCUT2D eigenvalue weighted by Crippen LogP contribution is -2.46. The van der Waals surface area contributed by atoms with Crippen LogP contribution in [0.15, 0.2) is 0 Å². The molecule has 0 bridgehead atoms. The Bertz CT molecular complexity index is 209. The van der Waals surface area contributed by atoms with Gasteiger partial charge in [-0.25, -0.2) is 5.01 Å². The Labute approximate surface area is 79.7 Å². The molecule has 0 unspecified atom stereocenters. The molecule has 2 aliphatic rings. The summed E-state index contributed by atoms with van der Waals surface area (Å²) in [4.78, 5) is 0. The van der Waals surface area contributed by atoms with E-state index >= 15 is 0 Å². The van der Waals surface area contributed by atoms with E-state index in [1.807, 2.05) is 0 Å². The second-order valence-corrected chi connectivity index (χ2v) is 4.37. The standard InChI is InChI=1S/C10H17N3/c11-6-5-10(3-4-10)9-13-8-2-1-7-12-13/h12H,1-5,7-9H2. The Morgan fingerprint density at radius 2 is 2.23 bits per heavy atom. The monoisotopic (exact) mass is 179 g/mol. The summed E-state index contributed by atoms with van der Waals surface area (Å²) in [6, 6.07) is 2.31. The van der Waals surface area contributed by atoms with Crippen LogP contribution in [0.5, 0.6) is 0 Å². The topological polar surface area (TPSA) is 39.1 Å². The number of hydrazine groups is 1. The van der Waals surface area contributed by atoms with Gasteiger partial charge >= 0.3 is 0 Å². The van der Waals surface area contributed by atoms with Crippen LogP contribution < -0.4 is 5.43 Å². The predicted octanol–water partition coefficient (Wildman–Crippen LogP) is 1.28. The third kappa shape index (κ3) is 2.20. The highest BCUT2D eigenvalue weighted by molar-refractivity contribution is 5.00. The lowest BCUT2D eigenvalue weighted by atomic mass is 10.0. The van der Waals surface area contributed by atoms with E-state index in [2.05, 4.69) is 16.5 Å². The second-order valence-electron chi connectivity index (χ2n) is 4.37. The van der Waals surface area contributed by atoms with Crippen LogP contribution in [0.2, 0.25) is 0 Å². The van der Waals surface area contributed by atoms with E-state index < -0.39 is 0 Å². The van der Waals surface area contributed by atoms with E-state index in [-0.39, 0.29) is 0 Å². The van der Waals surface area contributed by atoms with Gasteiger partial charge in [0.25, 0.3) is 0 Å². The fourth-order valence-corrected chi connectivity index (χ4v) is 2.02. The molecule has 13 heavy (non-hydrogen) atoms. The molecule has 0 atom stereocenters. The Kier molecular flexibility index (Phi) is 2.52. The van der Waals surface area contributed by atoms with Gasteiger partial charge in [0.15, 0.2) is 0 Å². The highest BCUT2D eigenvalue weighted by Gasteiger charge is 2.43. The molecular formula is C10H17N3. The number of nitrogens with zero attached hydrogens (tertiary/aromatic N) is 2. The second kappa shape index (κ2) is 3.65. The zero-order valence-electron chi connectivity index (χ0n) is 8.05. The summed E-state index contributed by atoms with van der Waals surface area (Å²) in [7, 11) is 0. The van der Waals surface area contributed by atoms with Gasteiger partial charge in [-0.1, -0.05) is 0 Å². The summed E-state index contributed by atoms with van der Waals surface area (Å²) in [5.74, 6) is 0. The lowest BCUT2D eigenvalue weighted by molar-refractivity contribution is 0.121. The van der Waals surface area contributed by atoms with Crippen molar-refractivity contribution in [2.24, 2.45) is 5.41 Å². The lowest BCUT2D eigenvalue weighted by Gasteiger charge is -2.30. The van der Waals surface area contributed by atoms with Crippen molar-refractivity contribution in [2.75, 3.05) is 19.6 Å². The van der Waals surface area contributed by atoms with Crippen LogP contribution in [0.3, 0.4) is 0 Å². The van der Waals surface area contributed by atoms with Crippen molar-refractivity contribution in [1.29, 1.82) is 5.26 Å². The van der Waals surface area contributed by atoms with Crippen LogP contribution in [0.4, 0.5) is 0 Å². The summed E-state index contributed by atoms with van der Waals surface area (Å²) >= 11 is 0. The van der Waals surface area contributed by atoms with Gasteiger partial charge in [0.05, 0.1) is 6.07 Å². The molecule has 2 rings (SSSR count). The molecule has 0 aromatic carbocycles. The maximum absolute atomic E-state index is 8.68. The highest BCUT2D eigenvalue weighted by atomic mass is 15.5. The molecule has 3 nitrogen and oxygen atoms in total. The Balaban J connectivity index is 1.80. The number of hydrogen-bond acceptors (Lipinski definition) is 3. The van der Waals surface area contributed by atoms with Crippen molar-refractivity contribution >= 4 is 0 Å². The molecule has 3 heteroatoms. The zero-order valence-corrected chi connectivity index (χ0v) is 8.05. The van der Waals surface area contributed by atoms with E-state index in [4.69, 9.17) is 5.26 Å². The molecular weight excluding hydrogens is 162 g/mol. The molecule has 1 heterocycles. The predicted molar refractivity (Wildman–Crippen MR) is 50.7 cm³/mol. The molecule has 0 radical (unpaired) electrons. The first-order valence-corrected chi connectivity index (χ1v) is 5.20. The summed E-state index contributed by atoms with van der Waals surface area (Å²) in [6.45, 7) is 3.36. The summed E-state index contributed by atoms with van der Waals surface area (Å²) in [6.07, 6.45) is 5.83. The average molecular weight is 179 g/mol. The molecule has 1 saturated heterocycles. The van der Waals surface area contributed by atoms with E-state index in [9.17, 15) is 0 Å². The van der Waals surface area contributed by atoms with Crippen LogP contribution in [0.25, 0.3) is 0 Å². The van der Waals surface area contributed by atoms with Crippen LogP contribution in [-0.4, -0.2) is 24.6 Å². The molecule has 1 N–H and O–H groups in total. The smallest absolute Gasteiger partial charge is 0.0628 e. The molecule has 0 aromatic rings. The first kappa shape index (κ1) is 8.98. The van der Waals surface area contributed by atoms with E-state index in [1.165, 1.54) is 25.7 Å². The first-order chi connectivity index (χ1) is 6.35. The number of rotatable bonds is 3.